The molecule has 0 radical (unpaired) electrons. The molecule has 6 heteroatoms. The lowest BCUT2D eigenvalue weighted by atomic mass is 10.1. The van der Waals surface area contributed by atoms with Crippen LogP contribution in [0, 0.1) is 0 Å². The highest BCUT2D eigenvalue weighted by Crippen LogP contribution is 2.27. The first kappa shape index (κ1) is 24.4. The number of thiocarbonyl (C=S) groups is 1. The molecule has 0 fully saturated rings. The molecule has 1 aromatic heterocycles. The van der Waals surface area contributed by atoms with Crippen molar-refractivity contribution >= 4 is 40.2 Å². The predicted octanol–water partition coefficient (Wildman–Crippen LogP) is 7.25. The number of unbranched alkanes of at least 4 members (excludes halogenated alkanes) is 9. The largest absolute Gasteiger partial charge is 0.507 e. The average Bonchev–Trinajstić information content (AvgIpc) is 3.27. The third-order valence-electron chi connectivity index (χ3n) is 5.23. The van der Waals surface area contributed by atoms with Crippen molar-refractivity contribution < 1.29 is 15.0 Å². The van der Waals surface area contributed by atoms with Gasteiger partial charge in [0.1, 0.15) is 16.3 Å². The summed E-state index contributed by atoms with van der Waals surface area (Å²) in [6, 6.07) is 8.62. The number of aromatic hydroxyl groups is 1. The van der Waals surface area contributed by atoms with Crippen molar-refractivity contribution in [2.45, 2.75) is 71.1 Å². The van der Waals surface area contributed by atoms with Crippen LogP contribution in [0.1, 0.15) is 86.4 Å². The van der Waals surface area contributed by atoms with E-state index in [0.29, 0.717) is 10.7 Å². The average molecular weight is 448 g/mol. The van der Waals surface area contributed by atoms with E-state index in [-0.39, 0.29) is 11.3 Å². The predicted molar refractivity (Wildman–Crippen MR) is 130 cm³/mol. The zero-order valence-corrected chi connectivity index (χ0v) is 19.4. The standard InChI is InChI=1S/C24H33NO3S2/c1-2-3-4-5-6-7-8-9-10-11-16-25(23(29)22-13-12-17-30-22)19-14-15-21(26)20(18-19)24(27)28/h12-15,17-18,26H,2-11,16H2,1H3,(H,27,28). The summed E-state index contributed by atoms with van der Waals surface area (Å²) in [4.78, 5) is 15.1. The lowest BCUT2D eigenvalue weighted by molar-refractivity contribution is 0.0694. The van der Waals surface area contributed by atoms with E-state index in [0.717, 1.165) is 24.3 Å². The van der Waals surface area contributed by atoms with Crippen LogP contribution < -0.4 is 4.90 Å². The summed E-state index contributed by atoms with van der Waals surface area (Å²) in [5.41, 5.74) is 0.606. The second-order valence-electron chi connectivity index (χ2n) is 7.62. The van der Waals surface area contributed by atoms with Crippen molar-refractivity contribution in [2.24, 2.45) is 0 Å². The van der Waals surface area contributed by atoms with Gasteiger partial charge in [0.25, 0.3) is 0 Å². The van der Waals surface area contributed by atoms with Gasteiger partial charge < -0.3 is 15.1 Å². The third-order valence-corrected chi connectivity index (χ3v) is 6.68. The number of carboxylic acids is 1. The second kappa shape index (κ2) is 13.4. The van der Waals surface area contributed by atoms with Crippen LogP contribution in [0.15, 0.2) is 35.7 Å². The molecule has 4 nitrogen and oxygen atoms in total. The summed E-state index contributed by atoms with van der Waals surface area (Å²) in [6.07, 6.45) is 12.6. The van der Waals surface area contributed by atoms with Gasteiger partial charge in [0, 0.05) is 12.2 Å². The van der Waals surface area contributed by atoms with Crippen LogP contribution in [0.4, 0.5) is 5.69 Å². The Kier molecular flexibility index (Phi) is 10.9. The first-order chi connectivity index (χ1) is 14.5. The Labute approximate surface area is 189 Å². The number of thiophene rings is 1. The third kappa shape index (κ3) is 7.73. The summed E-state index contributed by atoms with van der Waals surface area (Å²) in [5.74, 6) is -1.37. The van der Waals surface area contributed by atoms with Crippen molar-refractivity contribution in [2.75, 3.05) is 11.4 Å². The number of carboxylic acid groups (broad SMARTS) is 1. The molecule has 0 bridgehead atoms. The first-order valence-corrected chi connectivity index (χ1v) is 12.2. The van der Waals surface area contributed by atoms with Gasteiger partial charge in [0.15, 0.2) is 0 Å². The normalized spacial score (nSPS) is 10.8. The molecule has 0 saturated carbocycles. The van der Waals surface area contributed by atoms with E-state index in [2.05, 4.69) is 6.92 Å². The van der Waals surface area contributed by atoms with Gasteiger partial charge in [-0.2, -0.15) is 0 Å². The Bertz CT molecular complexity index is 790. The molecule has 2 aromatic rings. The fraction of sp³-hybridized carbons (Fsp3) is 0.500. The number of phenols is 1. The van der Waals surface area contributed by atoms with Crippen LogP contribution in [0.25, 0.3) is 0 Å². The number of rotatable bonds is 14. The molecule has 1 aromatic carbocycles. The van der Waals surface area contributed by atoms with Gasteiger partial charge in [-0.1, -0.05) is 83.0 Å². The van der Waals surface area contributed by atoms with E-state index >= 15 is 0 Å². The van der Waals surface area contributed by atoms with E-state index in [1.165, 1.54) is 63.5 Å². The summed E-state index contributed by atoms with van der Waals surface area (Å²) in [6.45, 7) is 2.98. The van der Waals surface area contributed by atoms with Crippen LogP contribution in [0.2, 0.25) is 0 Å². The number of anilines is 1. The van der Waals surface area contributed by atoms with Crippen LogP contribution >= 0.6 is 23.6 Å². The van der Waals surface area contributed by atoms with Gasteiger partial charge in [-0.15, -0.1) is 11.3 Å². The number of hydrogen-bond donors (Lipinski definition) is 2. The van der Waals surface area contributed by atoms with E-state index in [4.69, 9.17) is 12.2 Å². The molecule has 0 aliphatic carbocycles. The molecule has 0 aliphatic heterocycles. The maximum atomic E-state index is 11.4. The molecule has 2 rings (SSSR count). The number of benzene rings is 1. The molecule has 1 heterocycles. The SMILES string of the molecule is CCCCCCCCCCCCN(C(=S)c1cccs1)c1ccc(O)c(C(=O)O)c1. The summed E-state index contributed by atoms with van der Waals surface area (Å²) in [7, 11) is 0. The maximum Gasteiger partial charge on any atom is 0.339 e. The van der Waals surface area contributed by atoms with Gasteiger partial charge in [0.2, 0.25) is 0 Å². The first-order valence-electron chi connectivity index (χ1n) is 11.0. The highest BCUT2D eigenvalue weighted by molar-refractivity contribution is 7.81. The number of aromatic carboxylic acids is 1. The Morgan fingerprint density at radius 3 is 2.20 bits per heavy atom. The van der Waals surface area contributed by atoms with Crippen molar-refractivity contribution in [1.29, 1.82) is 0 Å². The highest BCUT2D eigenvalue weighted by Gasteiger charge is 2.18. The smallest absolute Gasteiger partial charge is 0.339 e. The number of hydrogen-bond acceptors (Lipinski definition) is 4. The lowest BCUT2D eigenvalue weighted by Crippen LogP contribution is -2.30. The molecule has 0 atom stereocenters. The van der Waals surface area contributed by atoms with E-state index in [1.54, 1.807) is 17.4 Å². The molecule has 0 unspecified atom stereocenters. The minimum Gasteiger partial charge on any atom is -0.507 e. The van der Waals surface area contributed by atoms with Gasteiger partial charge >= 0.3 is 5.97 Å². The zero-order valence-electron chi connectivity index (χ0n) is 17.8. The molecular formula is C24H33NO3S2. The number of carbonyl (C=O) groups is 1. The monoisotopic (exact) mass is 447 g/mol. The van der Waals surface area contributed by atoms with Gasteiger partial charge in [-0.25, -0.2) is 4.79 Å². The molecule has 0 spiro atoms. The fourth-order valence-electron chi connectivity index (χ4n) is 3.50. The Morgan fingerprint density at radius 1 is 1.00 bits per heavy atom. The summed E-state index contributed by atoms with van der Waals surface area (Å²) in [5, 5.41) is 21.2. The van der Waals surface area contributed by atoms with Crippen LogP contribution in [-0.2, 0) is 0 Å². The minimum absolute atomic E-state index is 0.102. The Morgan fingerprint density at radius 2 is 1.63 bits per heavy atom. The van der Waals surface area contributed by atoms with Gasteiger partial charge in [-0.3, -0.25) is 0 Å². The van der Waals surface area contributed by atoms with E-state index in [9.17, 15) is 15.0 Å². The molecule has 164 valence electrons. The zero-order chi connectivity index (χ0) is 21.8. The molecular weight excluding hydrogens is 414 g/mol. The van der Waals surface area contributed by atoms with Crippen LogP contribution in [0.5, 0.6) is 5.75 Å². The van der Waals surface area contributed by atoms with E-state index in [1.807, 2.05) is 22.4 Å². The van der Waals surface area contributed by atoms with Crippen molar-refractivity contribution in [3.05, 3.63) is 46.2 Å². The highest BCUT2D eigenvalue weighted by atomic mass is 32.1. The summed E-state index contributed by atoms with van der Waals surface area (Å²) >= 11 is 7.29. The topological polar surface area (TPSA) is 60.8 Å². The molecule has 0 amide bonds. The fourth-order valence-corrected chi connectivity index (χ4v) is 4.58. The number of nitrogens with zero attached hydrogens (tertiary/aromatic N) is 1. The van der Waals surface area contributed by atoms with Crippen molar-refractivity contribution in [3.63, 3.8) is 0 Å². The molecule has 2 N–H and O–H groups in total. The van der Waals surface area contributed by atoms with Crippen LogP contribution in [0.3, 0.4) is 0 Å². The second-order valence-corrected chi connectivity index (χ2v) is 8.96. The molecule has 0 aliphatic rings. The quantitative estimate of drug-likeness (QED) is 0.236. The van der Waals surface area contributed by atoms with Gasteiger partial charge in [-0.05, 0) is 36.1 Å². The Hall–Kier alpha value is -1.92. The van der Waals surface area contributed by atoms with Crippen LogP contribution in [-0.4, -0.2) is 27.7 Å². The summed E-state index contributed by atoms with van der Waals surface area (Å²) < 4.78 is 0. The minimum atomic E-state index is -1.14. The Balaban J connectivity index is 1.91. The lowest BCUT2D eigenvalue weighted by Gasteiger charge is -2.25. The maximum absolute atomic E-state index is 11.4. The van der Waals surface area contributed by atoms with E-state index < -0.39 is 5.97 Å². The van der Waals surface area contributed by atoms with Gasteiger partial charge in [0.05, 0.1) is 4.88 Å². The van der Waals surface area contributed by atoms with Crippen molar-refractivity contribution in [1.82, 2.24) is 0 Å². The molecule has 0 saturated heterocycles. The van der Waals surface area contributed by atoms with Crippen molar-refractivity contribution in [3.8, 4) is 5.75 Å². The molecule has 30 heavy (non-hydrogen) atoms.